The molecule has 0 aromatic heterocycles. The molecule has 1 aliphatic rings. The van der Waals surface area contributed by atoms with Crippen LogP contribution in [0.2, 0.25) is 0 Å². The Balaban J connectivity index is 1.32. The Labute approximate surface area is 316 Å². The van der Waals surface area contributed by atoms with E-state index in [0.717, 1.165) is 21.7 Å². The zero-order chi connectivity index (χ0) is 39.6. The number of likely N-dealkylation sites (N-methyl/N-ethyl adjacent to an activating group) is 1. The highest BCUT2D eigenvalue weighted by molar-refractivity contribution is 7.88. The van der Waals surface area contributed by atoms with Gasteiger partial charge in [-0.3, -0.25) is 14.4 Å². The smallest absolute Gasteiger partial charge is 0.326 e. The molecule has 1 unspecified atom stereocenters. The number of hydrogen-bond acceptors (Lipinski definition) is 7. The maximum absolute atomic E-state index is 13.5. The van der Waals surface area contributed by atoms with Crippen molar-refractivity contribution in [2.75, 3.05) is 30.5 Å². The minimum Gasteiger partial charge on any atom is -0.480 e. The van der Waals surface area contributed by atoms with Gasteiger partial charge in [0.25, 0.3) is 0 Å². The van der Waals surface area contributed by atoms with Crippen molar-refractivity contribution >= 4 is 51.1 Å². The minimum absolute atomic E-state index is 0.00366. The molecule has 3 aromatic rings. The number of anilines is 2. The zero-order valence-corrected chi connectivity index (χ0v) is 32.1. The fraction of sp³-hybridized carbons (Fsp3) is 0.410. The first-order valence-corrected chi connectivity index (χ1v) is 19.8. The maximum atomic E-state index is 13.5. The maximum Gasteiger partial charge on any atom is 0.326 e. The minimum atomic E-state index is -3.83. The van der Waals surface area contributed by atoms with Crippen LogP contribution in [0.3, 0.4) is 0 Å². The second-order valence-electron chi connectivity index (χ2n) is 13.7. The second-order valence-corrected chi connectivity index (χ2v) is 15.6. The average molecular weight is 763 g/mol. The van der Waals surface area contributed by atoms with Crippen molar-refractivity contribution < 1.29 is 37.5 Å². The molecule has 0 bridgehead atoms. The van der Waals surface area contributed by atoms with Crippen LogP contribution in [0, 0.1) is 12.8 Å². The topological polar surface area (TPSA) is 194 Å². The van der Waals surface area contributed by atoms with Crippen molar-refractivity contribution in [2.24, 2.45) is 5.92 Å². The number of nitrogens with zero attached hydrogens (tertiary/aromatic N) is 2. The fourth-order valence-corrected chi connectivity index (χ4v) is 8.00. The molecule has 5 N–H and O–H groups in total. The third kappa shape index (κ3) is 10.9. The lowest BCUT2D eigenvalue weighted by Crippen LogP contribution is -2.53. The number of hydrogen-bond donors (Lipinski definition) is 5. The number of carboxylic acids is 1. The number of amides is 5. The molecular weight excluding hydrogens is 713 g/mol. The molecule has 5 amide bonds. The number of nitrogens with one attached hydrogen (secondary N) is 4. The number of benzene rings is 3. The Hall–Kier alpha value is -5.28. The van der Waals surface area contributed by atoms with Gasteiger partial charge >= 0.3 is 12.0 Å². The number of aliphatic carboxylic acids is 1. The number of sulfonamides is 1. The van der Waals surface area contributed by atoms with Crippen molar-refractivity contribution in [2.45, 2.75) is 77.0 Å². The van der Waals surface area contributed by atoms with Gasteiger partial charge in [-0.1, -0.05) is 80.9 Å². The van der Waals surface area contributed by atoms with E-state index in [0.29, 0.717) is 29.8 Å². The Kier molecular flexibility index (Phi) is 14.3. The van der Waals surface area contributed by atoms with E-state index in [2.05, 4.69) is 21.3 Å². The van der Waals surface area contributed by atoms with Crippen molar-refractivity contribution in [1.82, 2.24) is 19.8 Å². The van der Waals surface area contributed by atoms with Crippen molar-refractivity contribution in [3.63, 3.8) is 0 Å². The number of urea groups is 1. The van der Waals surface area contributed by atoms with Gasteiger partial charge in [0.05, 0.1) is 18.7 Å². The molecule has 54 heavy (non-hydrogen) atoms. The summed E-state index contributed by atoms with van der Waals surface area (Å²) in [4.78, 5) is 66.3. The molecule has 1 saturated heterocycles. The SMILES string of the molecule is CCC(C)[C@@H](C(=O)NCC[C@H](NC(=O)[C@@H]1CC[C@H](c2ccccc2)N1S(C)(=O)=O)C(=O)O)N(C)C(=O)Cc1ccc(NC(=O)Nc2ccccc2C)cc1. The lowest BCUT2D eigenvalue weighted by Gasteiger charge is -2.32. The molecule has 0 radical (unpaired) electrons. The van der Waals surface area contributed by atoms with E-state index < -0.39 is 58.0 Å². The normalized spacial score (nSPS) is 17.4. The summed E-state index contributed by atoms with van der Waals surface area (Å²) in [7, 11) is -2.29. The van der Waals surface area contributed by atoms with Crippen LogP contribution in [0.25, 0.3) is 0 Å². The monoisotopic (exact) mass is 762 g/mol. The van der Waals surface area contributed by atoms with Crippen LogP contribution in [-0.2, 0) is 35.6 Å². The summed E-state index contributed by atoms with van der Waals surface area (Å²) in [6, 6.07) is 18.8. The van der Waals surface area contributed by atoms with Gasteiger partial charge in [0.2, 0.25) is 27.7 Å². The number of carbonyl (C=O) groups excluding carboxylic acids is 4. The molecule has 3 aromatic carbocycles. The lowest BCUT2D eigenvalue weighted by molar-refractivity contribution is -0.142. The third-order valence-electron chi connectivity index (χ3n) is 9.77. The number of aryl methyl sites for hydroxylation is 1. The van der Waals surface area contributed by atoms with Crippen LogP contribution >= 0.6 is 0 Å². The van der Waals surface area contributed by atoms with Crippen molar-refractivity contribution in [3.05, 3.63) is 95.6 Å². The predicted molar refractivity (Wildman–Crippen MR) is 206 cm³/mol. The van der Waals surface area contributed by atoms with Gasteiger partial charge in [0, 0.05) is 25.0 Å². The van der Waals surface area contributed by atoms with E-state index in [1.165, 1.54) is 4.90 Å². The Morgan fingerprint density at radius 3 is 2.19 bits per heavy atom. The molecule has 0 spiro atoms. The zero-order valence-electron chi connectivity index (χ0n) is 31.2. The molecule has 5 atom stereocenters. The van der Waals surface area contributed by atoms with Gasteiger partial charge in [0.15, 0.2) is 0 Å². The van der Waals surface area contributed by atoms with Gasteiger partial charge in [0.1, 0.15) is 18.1 Å². The van der Waals surface area contributed by atoms with Crippen molar-refractivity contribution in [1.29, 1.82) is 0 Å². The molecule has 1 aliphatic heterocycles. The number of rotatable bonds is 16. The number of para-hydroxylation sites is 1. The van der Waals surface area contributed by atoms with E-state index in [-0.39, 0.29) is 37.6 Å². The molecule has 1 heterocycles. The van der Waals surface area contributed by atoms with Crippen LogP contribution in [-0.4, -0.2) is 90.4 Å². The Bertz CT molecular complexity index is 1910. The summed E-state index contributed by atoms with van der Waals surface area (Å²) in [5, 5.41) is 20.7. The van der Waals surface area contributed by atoms with Crippen LogP contribution < -0.4 is 21.3 Å². The predicted octanol–water partition coefficient (Wildman–Crippen LogP) is 4.30. The third-order valence-corrected chi connectivity index (χ3v) is 11.0. The van der Waals surface area contributed by atoms with Crippen LogP contribution in [0.5, 0.6) is 0 Å². The van der Waals surface area contributed by atoms with Gasteiger partial charge in [-0.2, -0.15) is 4.31 Å². The molecule has 4 rings (SSSR count). The summed E-state index contributed by atoms with van der Waals surface area (Å²) in [5.41, 5.74) is 3.55. The Morgan fingerprint density at radius 1 is 0.926 bits per heavy atom. The van der Waals surface area contributed by atoms with E-state index >= 15 is 0 Å². The lowest BCUT2D eigenvalue weighted by atomic mass is 9.96. The van der Waals surface area contributed by atoms with Gasteiger partial charge in [-0.05, 0) is 67.0 Å². The van der Waals surface area contributed by atoms with Crippen molar-refractivity contribution in [3.8, 4) is 0 Å². The molecule has 0 aliphatic carbocycles. The second kappa shape index (κ2) is 18.7. The first kappa shape index (κ1) is 41.5. The average Bonchev–Trinajstić information content (AvgIpc) is 3.60. The molecule has 1 fully saturated rings. The molecular formula is C39H50N6O8S. The van der Waals surface area contributed by atoms with E-state index in [1.54, 1.807) is 61.6 Å². The van der Waals surface area contributed by atoms with Crippen LogP contribution in [0.1, 0.15) is 62.3 Å². The summed E-state index contributed by atoms with van der Waals surface area (Å²) in [6.07, 6.45) is 2.04. The van der Waals surface area contributed by atoms with E-state index in [1.807, 2.05) is 45.0 Å². The van der Waals surface area contributed by atoms with Gasteiger partial charge in [-0.25, -0.2) is 18.0 Å². The summed E-state index contributed by atoms with van der Waals surface area (Å²) in [5.74, 6) is -3.09. The highest BCUT2D eigenvalue weighted by Crippen LogP contribution is 2.38. The van der Waals surface area contributed by atoms with Gasteiger partial charge in [-0.15, -0.1) is 0 Å². The molecule has 0 saturated carbocycles. The highest BCUT2D eigenvalue weighted by Gasteiger charge is 2.44. The number of carboxylic acid groups (broad SMARTS) is 1. The van der Waals surface area contributed by atoms with Crippen LogP contribution in [0.15, 0.2) is 78.9 Å². The van der Waals surface area contributed by atoms with E-state index in [4.69, 9.17) is 0 Å². The summed E-state index contributed by atoms with van der Waals surface area (Å²) < 4.78 is 26.7. The summed E-state index contributed by atoms with van der Waals surface area (Å²) >= 11 is 0. The quantitative estimate of drug-likeness (QED) is 0.143. The van der Waals surface area contributed by atoms with Gasteiger partial charge < -0.3 is 31.3 Å². The first-order chi connectivity index (χ1) is 25.6. The first-order valence-electron chi connectivity index (χ1n) is 17.9. The Morgan fingerprint density at radius 2 is 1.57 bits per heavy atom. The fourth-order valence-electron chi connectivity index (χ4n) is 6.65. The molecule has 14 nitrogen and oxygen atoms in total. The largest absolute Gasteiger partial charge is 0.480 e. The number of carbonyl (C=O) groups is 5. The molecule has 15 heteroatoms. The summed E-state index contributed by atoms with van der Waals surface area (Å²) in [6.45, 7) is 5.51. The molecule has 290 valence electrons. The standard InChI is InChI=1S/C39H50N6O8S/c1-6-25(2)35(44(4)34(46)24-27-16-18-29(19-17-27)41-39(51)43-30-15-11-10-12-26(30)3)37(48)40-23-22-31(38(49)50)42-36(47)33-21-20-32(45(33)54(5,52)53)28-13-8-7-9-14-28/h7-19,25,31-33,35H,6,20-24H2,1-5H3,(H,40,48)(H,42,47)(H,49,50)(H2,41,43,51)/t25?,31-,32+,33-,35-/m0/s1. The highest BCUT2D eigenvalue weighted by atomic mass is 32.2. The van der Waals surface area contributed by atoms with E-state index in [9.17, 15) is 37.5 Å². The van der Waals surface area contributed by atoms with Crippen LogP contribution in [0.4, 0.5) is 16.2 Å².